The molecule has 0 spiro atoms. The Hall–Kier alpha value is -0.570. The van der Waals surface area contributed by atoms with Gasteiger partial charge >= 0.3 is 0 Å². The van der Waals surface area contributed by atoms with Crippen LogP contribution in [-0.4, -0.2) is 29.9 Å². The Labute approximate surface area is 85.6 Å². The second-order valence-corrected chi connectivity index (χ2v) is 4.67. The number of rotatable bonds is 3. The molecule has 1 aliphatic heterocycles. The van der Waals surface area contributed by atoms with Crippen molar-refractivity contribution in [3.8, 4) is 0 Å². The van der Waals surface area contributed by atoms with Crippen molar-refractivity contribution < 1.29 is 4.79 Å². The van der Waals surface area contributed by atoms with E-state index in [-0.39, 0.29) is 11.9 Å². The first-order valence-electron chi connectivity index (χ1n) is 5.82. The summed E-state index contributed by atoms with van der Waals surface area (Å²) in [7, 11) is 0. The number of hydrogen-bond acceptors (Lipinski definition) is 2. The molecule has 3 heteroatoms. The molecule has 1 unspecified atom stereocenters. The molecule has 2 aliphatic rings. The van der Waals surface area contributed by atoms with Gasteiger partial charge in [0.15, 0.2) is 0 Å². The topological polar surface area (TPSA) is 46.3 Å². The lowest BCUT2D eigenvalue weighted by Gasteiger charge is -2.29. The van der Waals surface area contributed by atoms with Crippen molar-refractivity contribution in [2.45, 2.75) is 44.6 Å². The summed E-state index contributed by atoms with van der Waals surface area (Å²) < 4.78 is 0. The van der Waals surface area contributed by atoms with E-state index in [4.69, 9.17) is 5.73 Å². The highest BCUT2D eigenvalue weighted by molar-refractivity contribution is 5.81. The predicted octanol–water partition coefficient (Wildman–Crippen LogP) is 1.13. The van der Waals surface area contributed by atoms with Gasteiger partial charge in [-0.1, -0.05) is 19.3 Å². The maximum Gasteiger partial charge on any atom is 0.239 e. The fourth-order valence-electron chi connectivity index (χ4n) is 2.36. The van der Waals surface area contributed by atoms with Gasteiger partial charge in [-0.3, -0.25) is 4.79 Å². The van der Waals surface area contributed by atoms with Gasteiger partial charge in [0, 0.05) is 13.1 Å². The van der Waals surface area contributed by atoms with Crippen LogP contribution >= 0.6 is 0 Å². The normalized spacial score (nSPS) is 24.8. The van der Waals surface area contributed by atoms with E-state index in [0.29, 0.717) is 0 Å². The predicted molar refractivity (Wildman–Crippen MR) is 55.7 cm³/mol. The first-order valence-corrected chi connectivity index (χ1v) is 5.82. The van der Waals surface area contributed by atoms with Crippen molar-refractivity contribution in [2.75, 3.05) is 13.1 Å². The molecule has 80 valence electrons. The quantitative estimate of drug-likeness (QED) is 0.735. The molecule has 2 N–H and O–H groups in total. The third-order valence-electron chi connectivity index (χ3n) is 3.55. The van der Waals surface area contributed by atoms with E-state index in [1.165, 1.54) is 19.3 Å². The smallest absolute Gasteiger partial charge is 0.239 e. The summed E-state index contributed by atoms with van der Waals surface area (Å²) in [5.74, 6) is 0.922. The van der Waals surface area contributed by atoms with Crippen LogP contribution < -0.4 is 5.73 Å². The summed E-state index contributed by atoms with van der Waals surface area (Å²) >= 11 is 0. The summed E-state index contributed by atoms with van der Waals surface area (Å²) in [6.07, 6.45) is 7.11. The molecule has 1 saturated carbocycles. The summed E-state index contributed by atoms with van der Waals surface area (Å²) in [6.45, 7) is 1.86. The number of carbonyl (C=O) groups is 1. The minimum absolute atomic E-state index is 0.189. The minimum Gasteiger partial charge on any atom is -0.341 e. The van der Waals surface area contributed by atoms with Gasteiger partial charge in [-0.2, -0.15) is 0 Å². The summed E-state index contributed by atoms with van der Waals surface area (Å²) in [6, 6.07) is -0.224. The Kier molecular flexibility index (Phi) is 3.06. The van der Waals surface area contributed by atoms with Crippen LogP contribution in [0.3, 0.4) is 0 Å². The van der Waals surface area contributed by atoms with Crippen molar-refractivity contribution in [3.63, 3.8) is 0 Å². The number of amides is 1. The van der Waals surface area contributed by atoms with Gasteiger partial charge in [-0.05, 0) is 25.2 Å². The fourth-order valence-corrected chi connectivity index (χ4v) is 2.36. The van der Waals surface area contributed by atoms with E-state index >= 15 is 0 Å². The van der Waals surface area contributed by atoms with Gasteiger partial charge in [0.05, 0.1) is 6.04 Å². The molecule has 1 saturated heterocycles. The van der Waals surface area contributed by atoms with Crippen LogP contribution in [0.4, 0.5) is 0 Å². The summed E-state index contributed by atoms with van der Waals surface area (Å²) in [5, 5.41) is 0. The largest absolute Gasteiger partial charge is 0.341 e. The van der Waals surface area contributed by atoms with Crippen LogP contribution in [-0.2, 0) is 4.79 Å². The number of nitrogens with two attached hydrogens (primary N) is 1. The number of nitrogens with zero attached hydrogens (tertiary/aromatic N) is 1. The molecule has 2 fully saturated rings. The average molecular weight is 196 g/mol. The van der Waals surface area contributed by atoms with Crippen LogP contribution in [0.5, 0.6) is 0 Å². The first kappa shape index (κ1) is 9.97. The monoisotopic (exact) mass is 196 g/mol. The van der Waals surface area contributed by atoms with Gasteiger partial charge in [-0.25, -0.2) is 0 Å². The minimum atomic E-state index is -0.224. The second kappa shape index (κ2) is 4.30. The molecular weight excluding hydrogens is 176 g/mol. The van der Waals surface area contributed by atoms with E-state index < -0.39 is 0 Å². The summed E-state index contributed by atoms with van der Waals surface area (Å²) in [5.41, 5.74) is 5.92. The summed E-state index contributed by atoms with van der Waals surface area (Å²) in [4.78, 5) is 13.8. The lowest BCUT2D eigenvalue weighted by atomic mass is 9.81. The van der Waals surface area contributed by atoms with Gasteiger partial charge in [0.25, 0.3) is 0 Å². The van der Waals surface area contributed by atoms with Crippen molar-refractivity contribution in [3.05, 3.63) is 0 Å². The zero-order valence-electron chi connectivity index (χ0n) is 8.74. The second-order valence-electron chi connectivity index (χ2n) is 4.67. The van der Waals surface area contributed by atoms with E-state index in [1.807, 2.05) is 4.90 Å². The Balaban J connectivity index is 1.77. The number of likely N-dealkylation sites (tertiary alicyclic amines) is 1. The molecule has 1 heterocycles. The highest BCUT2D eigenvalue weighted by atomic mass is 16.2. The Bertz CT molecular complexity index is 207. The number of hydrogen-bond donors (Lipinski definition) is 1. The molecule has 1 atom stereocenters. The zero-order valence-corrected chi connectivity index (χ0v) is 8.74. The van der Waals surface area contributed by atoms with E-state index in [2.05, 4.69) is 0 Å². The Morgan fingerprint density at radius 2 is 1.93 bits per heavy atom. The van der Waals surface area contributed by atoms with Crippen molar-refractivity contribution in [2.24, 2.45) is 11.7 Å². The zero-order chi connectivity index (χ0) is 9.97. The van der Waals surface area contributed by atoms with Crippen LogP contribution in [0, 0.1) is 5.92 Å². The van der Waals surface area contributed by atoms with Crippen LogP contribution in [0.25, 0.3) is 0 Å². The highest BCUT2D eigenvalue weighted by Crippen LogP contribution is 2.30. The van der Waals surface area contributed by atoms with Crippen LogP contribution in [0.1, 0.15) is 38.5 Å². The van der Waals surface area contributed by atoms with Gasteiger partial charge in [0.1, 0.15) is 0 Å². The maximum atomic E-state index is 11.8. The van der Waals surface area contributed by atoms with Crippen LogP contribution in [0.2, 0.25) is 0 Å². The molecule has 0 aromatic rings. The van der Waals surface area contributed by atoms with Gasteiger partial charge < -0.3 is 10.6 Å². The molecule has 1 aliphatic carbocycles. The van der Waals surface area contributed by atoms with Crippen molar-refractivity contribution >= 4 is 5.91 Å². The molecule has 0 radical (unpaired) electrons. The van der Waals surface area contributed by atoms with E-state index in [0.717, 1.165) is 38.3 Å². The fraction of sp³-hybridized carbons (Fsp3) is 0.909. The van der Waals surface area contributed by atoms with E-state index in [1.54, 1.807) is 0 Å². The Morgan fingerprint density at radius 1 is 1.29 bits per heavy atom. The molecule has 2 rings (SSSR count). The Morgan fingerprint density at radius 3 is 2.43 bits per heavy atom. The third kappa shape index (κ3) is 2.08. The standard InChI is InChI=1S/C11H20N2O/c12-10(8-9-4-3-5-9)11(14)13-6-1-2-7-13/h9-10H,1-8,12H2. The highest BCUT2D eigenvalue weighted by Gasteiger charge is 2.27. The molecule has 3 nitrogen and oxygen atoms in total. The van der Waals surface area contributed by atoms with Gasteiger partial charge in [0.2, 0.25) is 5.91 Å². The first-order chi connectivity index (χ1) is 6.77. The van der Waals surface area contributed by atoms with Gasteiger partial charge in [-0.15, -0.1) is 0 Å². The average Bonchev–Trinajstić information content (AvgIpc) is 2.62. The van der Waals surface area contributed by atoms with Crippen molar-refractivity contribution in [1.82, 2.24) is 4.90 Å². The van der Waals surface area contributed by atoms with Crippen LogP contribution in [0.15, 0.2) is 0 Å². The molecule has 0 aromatic carbocycles. The number of carbonyl (C=O) groups excluding carboxylic acids is 1. The maximum absolute atomic E-state index is 11.8. The molecule has 0 aromatic heterocycles. The lowest BCUT2D eigenvalue weighted by molar-refractivity contribution is -0.132. The lowest BCUT2D eigenvalue weighted by Crippen LogP contribution is -2.43. The van der Waals surface area contributed by atoms with Crippen molar-refractivity contribution in [1.29, 1.82) is 0 Å². The molecule has 1 amide bonds. The molecule has 14 heavy (non-hydrogen) atoms. The third-order valence-corrected chi connectivity index (χ3v) is 3.55. The SMILES string of the molecule is NC(CC1CCC1)C(=O)N1CCCC1. The van der Waals surface area contributed by atoms with E-state index in [9.17, 15) is 4.79 Å². The molecular formula is C11H20N2O. The molecule has 0 bridgehead atoms.